The third kappa shape index (κ3) is 6.09. The SMILES string of the molecule is CC(C)=CCC/C(C)=C/[C@H](C(=O)O)C1CCCCC1. The summed E-state index contributed by atoms with van der Waals surface area (Å²) in [5.41, 5.74) is 2.55. The van der Waals surface area contributed by atoms with Crippen LogP contribution in [0, 0.1) is 11.8 Å². The van der Waals surface area contributed by atoms with Gasteiger partial charge in [-0.2, -0.15) is 0 Å². The maximum absolute atomic E-state index is 11.5. The minimum absolute atomic E-state index is 0.271. The molecule has 19 heavy (non-hydrogen) atoms. The molecular formula is C17H28O2. The predicted octanol–water partition coefficient (Wildman–Crippen LogP) is 4.96. The first-order valence-corrected chi connectivity index (χ1v) is 7.54. The van der Waals surface area contributed by atoms with Gasteiger partial charge in [0.05, 0.1) is 5.92 Å². The van der Waals surface area contributed by atoms with Gasteiger partial charge in [-0.3, -0.25) is 4.79 Å². The van der Waals surface area contributed by atoms with Gasteiger partial charge in [-0.1, -0.05) is 42.6 Å². The zero-order valence-electron chi connectivity index (χ0n) is 12.6. The van der Waals surface area contributed by atoms with Crippen LogP contribution in [-0.2, 0) is 4.79 Å². The fourth-order valence-corrected chi connectivity index (χ4v) is 2.88. The molecule has 0 aromatic rings. The molecule has 0 aliphatic heterocycles. The lowest BCUT2D eigenvalue weighted by molar-refractivity contribution is -0.142. The molecular weight excluding hydrogens is 236 g/mol. The lowest BCUT2D eigenvalue weighted by Gasteiger charge is -2.26. The molecule has 2 nitrogen and oxygen atoms in total. The van der Waals surface area contributed by atoms with Crippen molar-refractivity contribution in [1.82, 2.24) is 0 Å². The maximum Gasteiger partial charge on any atom is 0.310 e. The zero-order valence-corrected chi connectivity index (χ0v) is 12.6. The van der Waals surface area contributed by atoms with E-state index in [1.807, 2.05) is 6.08 Å². The molecule has 2 heteroatoms. The van der Waals surface area contributed by atoms with Crippen LogP contribution in [0.2, 0.25) is 0 Å². The van der Waals surface area contributed by atoms with Crippen LogP contribution in [0.3, 0.4) is 0 Å². The van der Waals surface area contributed by atoms with Crippen molar-refractivity contribution in [3.05, 3.63) is 23.3 Å². The molecule has 108 valence electrons. The highest BCUT2D eigenvalue weighted by molar-refractivity contribution is 5.72. The number of carbonyl (C=O) groups is 1. The van der Waals surface area contributed by atoms with E-state index in [9.17, 15) is 9.90 Å². The van der Waals surface area contributed by atoms with Gasteiger partial charge in [0.2, 0.25) is 0 Å². The number of carboxylic acid groups (broad SMARTS) is 1. The Morgan fingerprint density at radius 1 is 1.21 bits per heavy atom. The molecule has 1 fully saturated rings. The molecule has 1 rings (SSSR count). The molecule has 1 aliphatic rings. The second kappa shape index (κ2) is 8.19. The minimum atomic E-state index is -0.645. The third-order valence-electron chi connectivity index (χ3n) is 4.00. The summed E-state index contributed by atoms with van der Waals surface area (Å²) >= 11 is 0. The number of aliphatic carboxylic acids is 1. The Kier molecular flexibility index (Phi) is 6.90. The standard InChI is InChI=1S/C17H28O2/c1-13(2)8-7-9-14(3)12-16(17(18)19)15-10-5-4-6-11-15/h8,12,15-16H,4-7,9-11H2,1-3H3,(H,18,19)/b14-12+/t16-/m0/s1. The van der Waals surface area contributed by atoms with E-state index in [-0.39, 0.29) is 5.92 Å². The molecule has 0 amide bonds. The first-order valence-electron chi connectivity index (χ1n) is 7.54. The number of allylic oxidation sites excluding steroid dienone is 3. The van der Waals surface area contributed by atoms with Crippen molar-refractivity contribution >= 4 is 5.97 Å². The highest BCUT2D eigenvalue weighted by Crippen LogP contribution is 2.32. The van der Waals surface area contributed by atoms with Crippen LogP contribution in [0.25, 0.3) is 0 Å². The Morgan fingerprint density at radius 3 is 2.37 bits per heavy atom. The first-order chi connectivity index (χ1) is 9.00. The lowest BCUT2D eigenvalue weighted by Crippen LogP contribution is -2.24. The van der Waals surface area contributed by atoms with Gasteiger partial charge in [0, 0.05) is 0 Å². The molecule has 0 heterocycles. The Labute approximate surface area is 117 Å². The molecule has 1 aliphatic carbocycles. The smallest absolute Gasteiger partial charge is 0.310 e. The van der Waals surface area contributed by atoms with Gasteiger partial charge < -0.3 is 5.11 Å². The van der Waals surface area contributed by atoms with Crippen molar-refractivity contribution in [1.29, 1.82) is 0 Å². The van der Waals surface area contributed by atoms with Crippen molar-refractivity contribution < 1.29 is 9.90 Å². The Hall–Kier alpha value is -1.05. The molecule has 0 unspecified atom stereocenters. The summed E-state index contributed by atoms with van der Waals surface area (Å²) in [4.78, 5) is 11.5. The summed E-state index contributed by atoms with van der Waals surface area (Å²) in [5.74, 6) is -0.565. The fraction of sp³-hybridized carbons (Fsp3) is 0.706. The van der Waals surface area contributed by atoms with Crippen LogP contribution in [0.4, 0.5) is 0 Å². The molecule has 0 aromatic carbocycles. The summed E-state index contributed by atoms with van der Waals surface area (Å²) in [5, 5.41) is 9.43. The van der Waals surface area contributed by atoms with E-state index in [1.165, 1.54) is 30.4 Å². The molecule has 0 bridgehead atoms. The van der Waals surface area contributed by atoms with Gasteiger partial charge in [0.25, 0.3) is 0 Å². The molecule has 1 N–H and O–H groups in total. The monoisotopic (exact) mass is 264 g/mol. The van der Waals surface area contributed by atoms with E-state index < -0.39 is 5.97 Å². The Bertz CT molecular complexity index is 342. The van der Waals surface area contributed by atoms with Crippen LogP contribution in [-0.4, -0.2) is 11.1 Å². The van der Waals surface area contributed by atoms with Crippen LogP contribution < -0.4 is 0 Å². The maximum atomic E-state index is 11.5. The van der Waals surface area contributed by atoms with Crippen molar-refractivity contribution in [3.8, 4) is 0 Å². The second-order valence-electron chi connectivity index (χ2n) is 6.10. The summed E-state index contributed by atoms with van der Waals surface area (Å²) in [6, 6.07) is 0. The van der Waals surface area contributed by atoms with Gasteiger partial charge in [-0.15, -0.1) is 0 Å². The summed E-state index contributed by atoms with van der Waals surface area (Å²) in [7, 11) is 0. The fourth-order valence-electron chi connectivity index (χ4n) is 2.88. The van der Waals surface area contributed by atoms with Gasteiger partial charge in [-0.05, 0) is 52.4 Å². The zero-order chi connectivity index (χ0) is 14.3. The summed E-state index contributed by atoms with van der Waals surface area (Å²) in [6.45, 7) is 6.26. The lowest BCUT2D eigenvalue weighted by atomic mass is 9.79. The van der Waals surface area contributed by atoms with Crippen molar-refractivity contribution in [2.75, 3.05) is 0 Å². The average Bonchev–Trinajstić information content (AvgIpc) is 2.36. The van der Waals surface area contributed by atoms with E-state index in [1.54, 1.807) is 0 Å². The molecule has 0 aromatic heterocycles. The Balaban J connectivity index is 2.60. The Morgan fingerprint density at radius 2 is 1.84 bits per heavy atom. The quantitative estimate of drug-likeness (QED) is 0.688. The highest BCUT2D eigenvalue weighted by atomic mass is 16.4. The number of hydrogen-bond donors (Lipinski definition) is 1. The number of hydrogen-bond acceptors (Lipinski definition) is 1. The van der Waals surface area contributed by atoms with Crippen molar-refractivity contribution in [3.63, 3.8) is 0 Å². The van der Waals surface area contributed by atoms with Crippen molar-refractivity contribution in [2.24, 2.45) is 11.8 Å². The van der Waals surface area contributed by atoms with Crippen LogP contribution in [0.15, 0.2) is 23.3 Å². The van der Waals surface area contributed by atoms with Gasteiger partial charge >= 0.3 is 5.97 Å². The van der Waals surface area contributed by atoms with Crippen LogP contribution in [0.1, 0.15) is 65.7 Å². The normalized spacial score (nSPS) is 19.0. The third-order valence-corrected chi connectivity index (χ3v) is 4.00. The number of rotatable bonds is 6. The highest BCUT2D eigenvalue weighted by Gasteiger charge is 2.27. The number of carboxylic acids is 1. The van der Waals surface area contributed by atoms with Gasteiger partial charge in [0.15, 0.2) is 0 Å². The van der Waals surface area contributed by atoms with Gasteiger partial charge in [0.1, 0.15) is 0 Å². The second-order valence-corrected chi connectivity index (χ2v) is 6.10. The summed E-state index contributed by atoms with van der Waals surface area (Å²) < 4.78 is 0. The molecule has 0 saturated heterocycles. The predicted molar refractivity (Wildman–Crippen MR) is 80.1 cm³/mol. The largest absolute Gasteiger partial charge is 0.481 e. The van der Waals surface area contributed by atoms with E-state index in [0.29, 0.717) is 5.92 Å². The minimum Gasteiger partial charge on any atom is -0.481 e. The average molecular weight is 264 g/mol. The van der Waals surface area contributed by atoms with Crippen LogP contribution >= 0.6 is 0 Å². The van der Waals surface area contributed by atoms with Gasteiger partial charge in [-0.25, -0.2) is 0 Å². The molecule has 0 spiro atoms. The molecule has 0 radical (unpaired) electrons. The summed E-state index contributed by atoms with van der Waals surface area (Å²) in [6.07, 6.45) is 12.0. The van der Waals surface area contributed by atoms with Crippen LogP contribution in [0.5, 0.6) is 0 Å². The van der Waals surface area contributed by atoms with E-state index in [4.69, 9.17) is 0 Å². The van der Waals surface area contributed by atoms with E-state index in [0.717, 1.165) is 25.7 Å². The molecule has 1 saturated carbocycles. The topological polar surface area (TPSA) is 37.3 Å². The van der Waals surface area contributed by atoms with E-state index in [2.05, 4.69) is 26.8 Å². The molecule has 1 atom stereocenters. The first kappa shape index (κ1) is 16.0. The van der Waals surface area contributed by atoms with E-state index >= 15 is 0 Å². The van der Waals surface area contributed by atoms with Crippen molar-refractivity contribution in [2.45, 2.75) is 65.7 Å².